The molecule has 5 heteroatoms. The van der Waals surface area contributed by atoms with Crippen LogP contribution >= 0.6 is 0 Å². The van der Waals surface area contributed by atoms with Crippen LogP contribution in [0.5, 0.6) is 0 Å². The summed E-state index contributed by atoms with van der Waals surface area (Å²) in [7, 11) is 0. The zero-order valence-electron chi connectivity index (χ0n) is 11.1. The minimum Gasteiger partial charge on any atom is -0.396 e. The lowest BCUT2D eigenvalue weighted by atomic mass is 10.1. The zero-order chi connectivity index (χ0) is 13.8. The Morgan fingerprint density at radius 2 is 2.16 bits per heavy atom. The first-order valence-electron chi connectivity index (χ1n) is 6.57. The van der Waals surface area contributed by atoms with Crippen LogP contribution in [-0.4, -0.2) is 36.6 Å². The van der Waals surface area contributed by atoms with E-state index in [1.54, 1.807) is 11.0 Å². The van der Waals surface area contributed by atoms with Crippen LogP contribution in [0.25, 0.3) is 0 Å². The number of carbonyl (C=O) groups is 1. The topological polar surface area (TPSA) is 55.6 Å². The van der Waals surface area contributed by atoms with Crippen molar-refractivity contribution < 1.29 is 13.9 Å². The third-order valence-corrected chi connectivity index (χ3v) is 3.38. The number of benzene rings is 1. The van der Waals surface area contributed by atoms with Crippen molar-refractivity contribution in [2.24, 2.45) is 0 Å². The van der Waals surface area contributed by atoms with Crippen LogP contribution < -0.4 is 5.73 Å². The molecule has 0 radical (unpaired) electrons. The number of anilines is 1. The molecule has 0 bridgehead atoms. The first kappa shape index (κ1) is 13.8. The molecular formula is C14H19FN2O2. The Labute approximate surface area is 112 Å². The summed E-state index contributed by atoms with van der Waals surface area (Å²) in [5.74, 6) is -0.691. The molecule has 104 valence electrons. The van der Waals surface area contributed by atoms with Crippen molar-refractivity contribution in [3.63, 3.8) is 0 Å². The largest absolute Gasteiger partial charge is 0.396 e. The second kappa shape index (κ2) is 6.02. The van der Waals surface area contributed by atoms with Gasteiger partial charge < -0.3 is 15.4 Å². The summed E-state index contributed by atoms with van der Waals surface area (Å²) in [6.07, 6.45) is 1.89. The van der Waals surface area contributed by atoms with E-state index in [1.807, 2.05) is 6.92 Å². The molecule has 1 aliphatic heterocycles. The van der Waals surface area contributed by atoms with Crippen molar-refractivity contribution in [3.8, 4) is 0 Å². The minimum absolute atomic E-state index is 0.0617. The number of likely N-dealkylation sites (tertiary alicyclic amines) is 1. The number of halogens is 1. The molecule has 0 saturated carbocycles. The SMILES string of the molecule is CCOC1CCN(C(=O)c2ccc(N)c(F)c2)CC1. The molecule has 0 aromatic heterocycles. The summed E-state index contributed by atoms with van der Waals surface area (Å²) in [4.78, 5) is 13.9. The number of carbonyl (C=O) groups excluding carboxylic acids is 1. The summed E-state index contributed by atoms with van der Waals surface area (Å²) < 4.78 is 18.9. The number of nitrogens with zero attached hydrogens (tertiary/aromatic N) is 1. The maximum atomic E-state index is 13.4. The van der Waals surface area contributed by atoms with E-state index in [-0.39, 0.29) is 17.7 Å². The average molecular weight is 266 g/mol. The Hall–Kier alpha value is -1.62. The van der Waals surface area contributed by atoms with Gasteiger partial charge in [-0.15, -0.1) is 0 Å². The van der Waals surface area contributed by atoms with Crippen molar-refractivity contribution in [2.45, 2.75) is 25.9 Å². The summed E-state index contributed by atoms with van der Waals surface area (Å²) in [5.41, 5.74) is 5.81. The van der Waals surface area contributed by atoms with Gasteiger partial charge in [-0.2, -0.15) is 0 Å². The Balaban J connectivity index is 1.99. The van der Waals surface area contributed by atoms with E-state index in [0.717, 1.165) is 12.8 Å². The van der Waals surface area contributed by atoms with Crippen LogP contribution in [0.4, 0.5) is 10.1 Å². The van der Waals surface area contributed by atoms with Crippen LogP contribution in [0, 0.1) is 5.82 Å². The zero-order valence-corrected chi connectivity index (χ0v) is 11.1. The van der Waals surface area contributed by atoms with E-state index in [9.17, 15) is 9.18 Å². The van der Waals surface area contributed by atoms with E-state index in [4.69, 9.17) is 10.5 Å². The average Bonchev–Trinajstić information content (AvgIpc) is 2.42. The molecule has 1 aromatic rings. The molecule has 19 heavy (non-hydrogen) atoms. The van der Waals surface area contributed by atoms with E-state index < -0.39 is 5.82 Å². The normalized spacial score (nSPS) is 16.6. The van der Waals surface area contributed by atoms with E-state index in [0.29, 0.717) is 25.3 Å². The number of ether oxygens (including phenoxy) is 1. The van der Waals surface area contributed by atoms with Gasteiger partial charge in [-0.1, -0.05) is 0 Å². The summed E-state index contributed by atoms with van der Waals surface area (Å²) >= 11 is 0. The molecule has 1 amide bonds. The van der Waals surface area contributed by atoms with Crippen molar-refractivity contribution in [1.29, 1.82) is 0 Å². The van der Waals surface area contributed by atoms with Crippen molar-refractivity contribution in [3.05, 3.63) is 29.6 Å². The molecule has 2 rings (SSSR count). The fraction of sp³-hybridized carbons (Fsp3) is 0.500. The van der Waals surface area contributed by atoms with Gasteiger partial charge in [0.15, 0.2) is 0 Å². The predicted molar refractivity (Wildman–Crippen MR) is 71.4 cm³/mol. The second-order valence-electron chi connectivity index (χ2n) is 4.68. The Morgan fingerprint density at radius 1 is 1.47 bits per heavy atom. The Morgan fingerprint density at radius 3 is 2.74 bits per heavy atom. The van der Waals surface area contributed by atoms with Gasteiger partial charge in [-0.3, -0.25) is 4.79 Å². The standard InChI is InChI=1S/C14H19FN2O2/c1-2-19-11-5-7-17(8-6-11)14(18)10-3-4-13(16)12(15)9-10/h3-4,9,11H,2,5-8,16H2,1H3. The monoisotopic (exact) mass is 266 g/mol. The van der Waals surface area contributed by atoms with E-state index >= 15 is 0 Å². The van der Waals surface area contributed by atoms with Crippen LogP contribution in [0.2, 0.25) is 0 Å². The van der Waals surface area contributed by atoms with Gasteiger partial charge in [0.05, 0.1) is 11.8 Å². The number of nitrogen functional groups attached to an aromatic ring is 1. The molecule has 1 heterocycles. The highest BCUT2D eigenvalue weighted by Crippen LogP contribution is 2.18. The van der Waals surface area contributed by atoms with Crippen LogP contribution in [0.15, 0.2) is 18.2 Å². The maximum absolute atomic E-state index is 13.4. The molecule has 1 aliphatic rings. The van der Waals surface area contributed by atoms with Gasteiger partial charge in [0.1, 0.15) is 5.82 Å². The third-order valence-electron chi connectivity index (χ3n) is 3.38. The lowest BCUT2D eigenvalue weighted by molar-refractivity contribution is 0.0146. The van der Waals surface area contributed by atoms with E-state index in [2.05, 4.69) is 0 Å². The van der Waals surface area contributed by atoms with Crippen LogP contribution in [0.3, 0.4) is 0 Å². The fourth-order valence-electron chi connectivity index (χ4n) is 2.30. The molecule has 0 atom stereocenters. The molecule has 1 fully saturated rings. The molecular weight excluding hydrogens is 247 g/mol. The minimum atomic E-state index is -0.546. The quantitative estimate of drug-likeness (QED) is 0.852. The molecule has 0 aliphatic carbocycles. The number of hydrogen-bond acceptors (Lipinski definition) is 3. The molecule has 0 spiro atoms. The number of piperidine rings is 1. The molecule has 0 unspecified atom stereocenters. The van der Waals surface area contributed by atoms with Gasteiger partial charge >= 0.3 is 0 Å². The number of rotatable bonds is 3. The van der Waals surface area contributed by atoms with Crippen LogP contribution in [0.1, 0.15) is 30.1 Å². The maximum Gasteiger partial charge on any atom is 0.253 e. The first-order chi connectivity index (χ1) is 9.11. The summed E-state index contributed by atoms with van der Waals surface area (Å²) in [6, 6.07) is 4.19. The lowest BCUT2D eigenvalue weighted by Crippen LogP contribution is -2.40. The molecule has 2 N–H and O–H groups in total. The summed E-state index contributed by atoms with van der Waals surface area (Å²) in [5, 5.41) is 0. The lowest BCUT2D eigenvalue weighted by Gasteiger charge is -2.31. The van der Waals surface area contributed by atoms with Gasteiger partial charge in [0.25, 0.3) is 5.91 Å². The van der Waals surface area contributed by atoms with E-state index in [1.165, 1.54) is 12.1 Å². The highest BCUT2D eigenvalue weighted by molar-refractivity contribution is 5.94. The van der Waals surface area contributed by atoms with Gasteiger partial charge in [-0.05, 0) is 38.0 Å². The number of hydrogen-bond donors (Lipinski definition) is 1. The smallest absolute Gasteiger partial charge is 0.253 e. The number of nitrogens with two attached hydrogens (primary N) is 1. The second-order valence-corrected chi connectivity index (χ2v) is 4.68. The number of amides is 1. The Bertz CT molecular complexity index is 457. The van der Waals surface area contributed by atoms with Gasteiger partial charge in [-0.25, -0.2) is 4.39 Å². The third kappa shape index (κ3) is 3.23. The van der Waals surface area contributed by atoms with Crippen molar-refractivity contribution >= 4 is 11.6 Å². The molecule has 4 nitrogen and oxygen atoms in total. The van der Waals surface area contributed by atoms with Crippen LogP contribution in [-0.2, 0) is 4.74 Å². The highest BCUT2D eigenvalue weighted by Gasteiger charge is 2.24. The highest BCUT2D eigenvalue weighted by atomic mass is 19.1. The van der Waals surface area contributed by atoms with Crippen molar-refractivity contribution in [2.75, 3.05) is 25.4 Å². The van der Waals surface area contributed by atoms with Gasteiger partial charge in [0, 0.05) is 25.3 Å². The molecule has 1 aromatic carbocycles. The van der Waals surface area contributed by atoms with Crippen molar-refractivity contribution in [1.82, 2.24) is 4.90 Å². The molecule has 1 saturated heterocycles. The Kier molecular flexibility index (Phi) is 4.37. The predicted octanol–water partition coefficient (Wildman–Crippen LogP) is 2.05. The fourth-order valence-corrected chi connectivity index (χ4v) is 2.30. The van der Waals surface area contributed by atoms with Gasteiger partial charge in [0.2, 0.25) is 0 Å². The first-order valence-corrected chi connectivity index (χ1v) is 6.57. The summed E-state index contributed by atoms with van der Waals surface area (Å²) in [6.45, 7) is 3.96.